The maximum Gasteiger partial charge on any atom is 0.189 e. The summed E-state index contributed by atoms with van der Waals surface area (Å²) in [5.74, 6) is 0.954. The lowest BCUT2D eigenvalue weighted by molar-refractivity contribution is 0.0629. The lowest BCUT2D eigenvalue weighted by atomic mass is 10.00. The number of hydrogen-bond acceptors (Lipinski definition) is 2. The molecule has 3 heteroatoms. The van der Waals surface area contributed by atoms with E-state index in [0.29, 0.717) is 12.3 Å². The normalized spacial score (nSPS) is 26.5. The molecule has 1 heterocycles. The summed E-state index contributed by atoms with van der Waals surface area (Å²) >= 11 is 0. The molecule has 26 heavy (non-hydrogen) atoms. The highest BCUT2D eigenvalue weighted by atomic mass is 28.3. The summed E-state index contributed by atoms with van der Waals surface area (Å²) in [6.07, 6.45) is 9.17. The summed E-state index contributed by atoms with van der Waals surface area (Å²) in [5.41, 5.74) is 9.03. The largest absolute Gasteiger partial charge is 0.469 e. The molecule has 0 N–H and O–H groups in total. The van der Waals surface area contributed by atoms with Gasteiger partial charge in [-0.1, -0.05) is 60.7 Å². The van der Waals surface area contributed by atoms with Gasteiger partial charge >= 0.3 is 0 Å². The minimum Gasteiger partial charge on any atom is -0.469 e. The molecular formula is C23H24O2Si. The third-order valence-electron chi connectivity index (χ3n) is 6.23. The second kappa shape index (κ2) is 5.45. The quantitative estimate of drug-likeness (QED) is 0.655. The van der Waals surface area contributed by atoms with E-state index in [-0.39, 0.29) is 6.10 Å². The minimum absolute atomic E-state index is 0.0136. The molecule has 132 valence electrons. The van der Waals surface area contributed by atoms with Crippen molar-refractivity contribution in [1.82, 2.24) is 0 Å². The van der Waals surface area contributed by atoms with Crippen molar-refractivity contribution in [2.45, 2.75) is 38.6 Å². The monoisotopic (exact) mass is 360 g/mol. The van der Waals surface area contributed by atoms with Gasteiger partial charge in [-0.25, -0.2) is 0 Å². The molecular weight excluding hydrogens is 336 g/mol. The van der Waals surface area contributed by atoms with E-state index in [4.69, 9.17) is 9.47 Å². The molecule has 0 amide bonds. The number of allylic oxidation sites excluding steroid dienone is 7. The zero-order chi connectivity index (χ0) is 18.1. The van der Waals surface area contributed by atoms with E-state index < -0.39 is 8.07 Å². The first-order chi connectivity index (χ1) is 12.5. The van der Waals surface area contributed by atoms with Crippen LogP contribution in [0.3, 0.4) is 0 Å². The highest BCUT2D eigenvalue weighted by Gasteiger charge is 2.45. The van der Waals surface area contributed by atoms with Crippen LogP contribution in [0, 0.1) is 0 Å². The van der Waals surface area contributed by atoms with Gasteiger partial charge < -0.3 is 9.47 Å². The summed E-state index contributed by atoms with van der Waals surface area (Å²) in [7, 11) is -1.80. The fraction of sp³-hybridized carbons (Fsp3) is 0.304. The number of ether oxygens (including phenoxy) is 2. The molecule has 2 atom stereocenters. The van der Waals surface area contributed by atoms with Crippen molar-refractivity contribution in [2.75, 3.05) is 6.79 Å². The Morgan fingerprint density at radius 3 is 2.69 bits per heavy atom. The van der Waals surface area contributed by atoms with Gasteiger partial charge in [-0.05, 0) is 53.5 Å². The van der Waals surface area contributed by atoms with Crippen LogP contribution in [0.2, 0.25) is 13.1 Å². The Labute approximate surface area is 156 Å². The molecule has 4 aliphatic rings. The van der Waals surface area contributed by atoms with Gasteiger partial charge in [-0.15, -0.1) is 0 Å². The first kappa shape index (κ1) is 16.1. The van der Waals surface area contributed by atoms with Crippen LogP contribution in [0.4, 0.5) is 0 Å². The van der Waals surface area contributed by atoms with Crippen LogP contribution in [0.15, 0.2) is 75.7 Å². The number of rotatable bonds is 2. The van der Waals surface area contributed by atoms with Gasteiger partial charge in [-0.3, -0.25) is 0 Å². The van der Waals surface area contributed by atoms with Crippen LogP contribution in [-0.4, -0.2) is 21.0 Å². The molecule has 2 nitrogen and oxygen atoms in total. The standard InChI is InChI=1S/C23H24O2Si/c1-14-9-16-7-5-6-8-18(16)22(14)26(3,4)23-15(2)10-17-11-20-21(12-19(17)23)25-13-24-20/h5-12,21-22H,13H2,1-4H3. The average molecular weight is 361 g/mol. The Hall–Kier alpha value is -2.10. The molecule has 0 bridgehead atoms. The molecule has 1 aromatic rings. The van der Waals surface area contributed by atoms with Gasteiger partial charge in [0.25, 0.3) is 0 Å². The van der Waals surface area contributed by atoms with Crippen molar-refractivity contribution in [1.29, 1.82) is 0 Å². The van der Waals surface area contributed by atoms with Crippen LogP contribution in [0.5, 0.6) is 0 Å². The predicted octanol–water partition coefficient (Wildman–Crippen LogP) is 5.43. The topological polar surface area (TPSA) is 18.5 Å². The third kappa shape index (κ3) is 2.14. The highest BCUT2D eigenvalue weighted by Crippen LogP contribution is 2.50. The van der Waals surface area contributed by atoms with Crippen molar-refractivity contribution in [3.63, 3.8) is 0 Å². The smallest absolute Gasteiger partial charge is 0.189 e. The van der Waals surface area contributed by atoms with E-state index in [2.05, 4.69) is 75.5 Å². The second-order valence-corrected chi connectivity index (χ2v) is 12.8. The van der Waals surface area contributed by atoms with Crippen LogP contribution in [-0.2, 0) is 9.47 Å². The Bertz CT molecular complexity index is 972. The molecule has 1 aromatic carbocycles. The van der Waals surface area contributed by atoms with Gasteiger partial charge in [0, 0.05) is 5.54 Å². The van der Waals surface area contributed by atoms with E-state index in [0.717, 1.165) is 5.76 Å². The van der Waals surface area contributed by atoms with E-state index in [1.54, 1.807) is 5.20 Å². The predicted molar refractivity (Wildman–Crippen MR) is 108 cm³/mol. The minimum atomic E-state index is -1.80. The Balaban J connectivity index is 1.60. The zero-order valence-corrected chi connectivity index (χ0v) is 16.8. The highest BCUT2D eigenvalue weighted by molar-refractivity contribution is 6.87. The fourth-order valence-corrected chi connectivity index (χ4v) is 9.94. The molecule has 1 saturated heterocycles. The van der Waals surface area contributed by atoms with E-state index in [1.165, 1.54) is 33.4 Å². The summed E-state index contributed by atoms with van der Waals surface area (Å²) in [4.78, 5) is 0. The molecule has 0 saturated carbocycles. The summed E-state index contributed by atoms with van der Waals surface area (Å²) in [5, 5.41) is 1.58. The van der Waals surface area contributed by atoms with Crippen molar-refractivity contribution in [3.8, 4) is 0 Å². The SMILES string of the molecule is CC1=Cc2ccccc2C1[Si](C)(C)C1=C(C)C=C2C=C3OCOC3C=C21. The van der Waals surface area contributed by atoms with Gasteiger partial charge in [-0.2, -0.15) is 0 Å². The molecule has 5 rings (SSSR count). The van der Waals surface area contributed by atoms with Gasteiger partial charge in [0.1, 0.15) is 11.9 Å². The van der Waals surface area contributed by atoms with Crippen molar-refractivity contribution < 1.29 is 9.47 Å². The van der Waals surface area contributed by atoms with Crippen molar-refractivity contribution >= 4 is 14.1 Å². The summed E-state index contributed by atoms with van der Waals surface area (Å²) in [6, 6.07) is 8.90. The van der Waals surface area contributed by atoms with E-state index in [1.807, 2.05) is 0 Å². The van der Waals surface area contributed by atoms with Gasteiger partial charge in [0.15, 0.2) is 6.79 Å². The molecule has 0 spiro atoms. The molecule has 0 aromatic heterocycles. The van der Waals surface area contributed by atoms with Gasteiger partial charge in [0.2, 0.25) is 0 Å². The lowest BCUT2D eigenvalue weighted by Crippen LogP contribution is -2.39. The summed E-state index contributed by atoms with van der Waals surface area (Å²) < 4.78 is 11.4. The van der Waals surface area contributed by atoms with Crippen LogP contribution >= 0.6 is 0 Å². The maximum absolute atomic E-state index is 5.75. The van der Waals surface area contributed by atoms with Crippen LogP contribution < -0.4 is 0 Å². The van der Waals surface area contributed by atoms with E-state index >= 15 is 0 Å². The van der Waals surface area contributed by atoms with Gasteiger partial charge in [0.05, 0.1) is 8.07 Å². The number of fused-ring (bicyclic) bond motifs is 3. The molecule has 0 radical (unpaired) electrons. The fourth-order valence-electron chi connectivity index (χ4n) is 5.37. The molecule has 3 aliphatic carbocycles. The maximum atomic E-state index is 5.75. The first-order valence-electron chi connectivity index (χ1n) is 9.35. The molecule has 2 unspecified atom stereocenters. The van der Waals surface area contributed by atoms with Crippen LogP contribution in [0.25, 0.3) is 6.08 Å². The Morgan fingerprint density at radius 1 is 1.04 bits per heavy atom. The molecule has 1 fully saturated rings. The zero-order valence-electron chi connectivity index (χ0n) is 15.8. The van der Waals surface area contributed by atoms with Crippen molar-refractivity contribution in [2.24, 2.45) is 0 Å². The van der Waals surface area contributed by atoms with E-state index in [9.17, 15) is 0 Å². The number of hydrogen-bond donors (Lipinski definition) is 0. The average Bonchev–Trinajstić information content (AvgIpc) is 3.25. The second-order valence-electron chi connectivity index (χ2n) is 8.31. The van der Waals surface area contributed by atoms with Crippen LogP contribution in [0.1, 0.15) is 30.5 Å². The number of benzene rings is 1. The van der Waals surface area contributed by atoms with Crippen molar-refractivity contribution in [3.05, 3.63) is 86.9 Å². The summed E-state index contributed by atoms with van der Waals surface area (Å²) in [6.45, 7) is 9.99. The Morgan fingerprint density at radius 2 is 1.85 bits per heavy atom. The lowest BCUT2D eigenvalue weighted by Gasteiger charge is -2.36. The first-order valence-corrected chi connectivity index (χ1v) is 12.4. The Kier molecular flexibility index (Phi) is 3.37. The molecule has 1 aliphatic heterocycles. The third-order valence-corrected chi connectivity index (χ3v) is 10.4.